The molecule has 1 rings (SSSR count). The van der Waals surface area contributed by atoms with Crippen molar-refractivity contribution in [3.05, 3.63) is 21.9 Å². The molecule has 1 aliphatic carbocycles. The van der Waals surface area contributed by atoms with Crippen LogP contribution in [0.25, 0.3) is 0 Å². The fourth-order valence-electron chi connectivity index (χ4n) is 1.59. The molecule has 0 bridgehead atoms. The predicted molar refractivity (Wildman–Crippen MR) is 92.5 cm³/mol. The number of methoxy groups -OCH3 is 1. The summed E-state index contributed by atoms with van der Waals surface area (Å²) in [6.07, 6.45) is 4.36. The minimum atomic E-state index is 0. The molecule has 1 fully saturated rings. The molecule has 6 heteroatoms. The zero-order valence-electron chi connectivity index (χ0n) is 15.7. The van der Waals surface area contributed by atoms with Gasteiger partial charge in [0.2, 0.25) is 0 Å². The van der Waals surface area contributed by atoms with Gasteiger partial charge in [0.25, 0.3) is 0 Å². The molecule has 0 aliphatic heterocycles. The SMILES string of the molecule is COC(C)C.[B]C1CCC(COC(C)C)C1.[CH2-]N.[CH3-].[CH3-].[V+2].[W]. The van der Waals surface area contributed by atoms with Crippen molar-refractivity contribution >= 4 is 7.85 Å². The van der Waals surface area contributed by atoms with Gasteiger partial charge in [-0.05, 0) is 40.0 Å². The first-order chi connectivity index (χ1) is 8.45. The van der Waals surface area contributed by atoms with Crippen LogP contribution in [0, 0.1) is 27.8 Å². The maximum absolute atomic E-state index is 5.78. The normalized spacial score (nSPS) is 18.2. The molecule has 1 aliphatic rings. The summed E-state index contributed by atoms with van der Waals surface area (Å²) in [6, 6.07) is 0. The zero-order valence-corrected chi connectivity index (χ0v) is 20.0. The van der Waals surface area contributed by atoms with Crippen LogP contribution in [0.15, 0.2) is 0 Å². The first-order valence-electron chi connectivity index (χ1n) is 6.76. The summed E-state index contributed by atoms with van der Waals surface area (Å²) in [5, 5.41) is 0. The molecule has 2 atom stereocenters. The Morgan fingerprint density at radius 1 is 1.09 bits per heavy atom. The standard InChI is InChI=1S/C9H17BO.C4H10O.CH4N.2CH3.V.W/c1-7(2)11-6-8-3-4-9(10)5-8;1-4(2)5-3;1-2;;;;/h7-9H,3-6H2,1-2H3;4H,1-3H3;1-2H2;2*1H3;;/q;;3*-1;+2;. The third-order valence-corrected chi connectivity index (χ3v) is 2.72. The molecule has 0 aromatic carbocycles. The fraction of sp³-hybridized carbons (Fsp3) is 0.812. The second-order valence-corrected chi connectivity index (χ2v) is 5.11. The molecule has 3 nitrogen and oxygen atoms in total. The van der Waals surface area contributed by atoms with Crippen molar-refractivity contribution in [3.8, 4) is 0 Å². The summed E-state index contributed by atoms with van der Waals surface area (Å²) in [4.78, 5) is 0. The van der Waals surface area contributed by atoms with Crippen LogP contribution in [0.3, 0.4) is 0 Å². The molecule has 0 aromatic heterocycles. The summed E-state index contributed by atoms with van der Waals surface area (Å²) in [5.74, 6) is 1.17. The molecule has 0 heterocycles. The van der Waals surface area contributed by atoms with E-state index in [1.54, 1.807) is 7.11 Å². The van der Waals surface area contributed by atoms with Gasteiger partial charge in [-0.2, -0.15) is 0 Å². The van der Waals surface area contributed by atoms with Gasteiger partial charge < -0.3 is 30.1 Å². The Labute approximate surface area is 168 Å². The number of ether oxygens (including phenoxy) is 2. The molecule has 133 valence electrons. The van der Waals surface area contributed by atoms with Crippen LogP contribution >= 0.6 is 0 Å². The number of hydrogen-bond donors (Lipinski definition) is 1. The van der Waals surface area contributed by atoms with Crippen molar-refractivity contribution in [1.29, 1.82) is 0 Å². The summed E-state index contributed by atoms with van der Waals surface area (Å²) in [5.41, 5.74) is 4.25. The van der Waals surface area contributed by atoms with E-state index in [2.05, 4.69) is 26.6 Å². The van der Waals surface area contributed by atoms with E-state index in [-0.39, 0.29) is 54.5 Å². The summed E-state index contributed by atoms with van der Waals surface area (Å²) >= 11 is 0. The van der Waals surface area contributed by atoms with E-state index in [0.717, 1.165) is 18.9 Å². The summed E-state index contributed by atoms with van der Waals surface area (Å²) in [6.45, 7) is 9.06. The van der Waals surface area contributed by atoms with Gasteiger partial charge in [-0.25, -0.2) is 0 Å². The Balaban J connectivity index is -0.0000000514. The molecule has 0 amide bonds. The van der Waals surface area contributed by atoms with E-state index in [9.17, 15) is 0 Å². The van der Waals surface area contributed by atoms with Gasteiger partial charge in [-0.1, -0.05) is 18.7 Å². The van der Waals surface area contributed by atoms with Crippen molar-refractivity contribution in [2.45, 2.75) is 65.0 Å². The molecule has 22 heavy (non-hydrogen) atoms. The van der Waals surface area contributed by atoms with Crippen molar-refractivity contribution in [2.75, 3.05) is 13.7 Å². The van der Waals surface area contributed by atoms with Crippen LogP contribution in [0.2, 0.25) is 5.82 Å². The second-order valence-electron chi connectivity index (χ2n) is 5.11. The topological polar surface area (TPSA) is 44.5 Å². The first kappa shape index (κ1) is 38.7. The van der Waals surface area contributed by atoms with Gasteiger partial charge in [-0.15, -0.1) is 0 Å². The Morgan fingerprint density at radius 2 is 1.50 bits per heavy atom. The van der Waals surface area contributed by atoms with E-state index < -0.39 is 0 Å². The molecular weight excluding hydrogens is 484 g/mol. The van der Waals surface area contributed by atoms with Crippen molar-refractivity contribution in [2.24, 2.45) is 11.7 Å². The Bertz CT molecular complexity index is 178. The quantitative estimate of drug-likeness (QED) is 0.452. The minimum Gasteiger partial charge on any atom is -0.486 e. The van der Waals surface area contributed by atoms with Crippen LogP contribution in [0.5, 0.6) is 0 Å². The number of nitrogens with two attached hydrogens (primary N) is 1. The van der Waals surface area contributed by atoms with Gasteiger partial charge in [0.15, 0.2) is 0 Å². The average molecular weight is 521 g/mol. The maximum Gasteiger partial charge on any atom is 2.00 e. The first-order valence-corrected chi connectivity index (χ1v) is 6.76. The van der Waals surface area contributed by atoms with E-state index in [1.165, 1.54) is 12.8 Å². The van der Waals surface area contributed by atoms with Gasteiger partial charge in [-0.3, -0.25) is 7.05 Å². The number of rotatable bonds is 4. The van der Waals surface area contributed by atoms with E-state index in [1.807, 2.05) is 13.8 Å². The molecule has 3 radical (unpaired) electrons. The Hall–Kier alpha value is 1.22. The van der Waals surface area contributed by atoms with E-state index in [0.29, 0.717) is 18.0 Å². The molecule has 0 saturated heterocycles. The van der Waals surface area contributed by atoms with Gasteiger partial charge in [0.1, 0.15) is 0 Å². The minimum absolute atomic E-state index is 0. The average Bonchev–Trinajstić information content (AvgIpc) is 2.76. The van der Waals surface area contributed by atoms with Crippen molar-refractivity contribution in [3.63, 3.8) is 0 Å². The van der Waals surface area contributed by atoms with E-state index in [4.69, 9.17) is 17.3 Å². The second kappa shape index (κ2) is 27.1. The summed E-state index contributed by atoms with van der Waals surface area (Å²) < 4.78 is 10.3. The molecule has 1 saturated carbocycles. The molecule has 0 aromatic rings. The molecular formula is C16H37BNO2VW-. The third-order valence-electron chi connectivity index (χ3n) is 2.72. The predicted octanol–water partition coefficient (Wildman–Crippen LogP) is 3.84. The Morgan fingerprint density at radius 3 is 1.73 bits per heavy atom. The molecule has 2 N–H and O–H groups in total. The zero-order chi connectivity index (χ0) is 14.6. The van der Waals surface area contributed by atoms with Crippen LogP contribution in [-0.4, -0.2) is 33.8 Å². The van der Waals surface area contributed by atoms with E-state index >= 15 is 0 Å². The van der Waals surface area contributed by atoms with Crippen molar-refractivity contribution in [1.82, 2.24) is 0 Å². The van der Waals surface area contributed by atoms with Crippen LogP contribution in [0.4, 0.5) is 0 Å². The largest absolute Gasteiger partial charge is 2.00 e. The van der Waals surface area contributed by atoms with Crippen LogP contribution in [-0.2, 0) is 49.1 Å². The molecule has 0 spiro atoms. The summed E-state index contributed by atoms with van der Waals surface area (Å²) in [7, 11) is 10.2. The van der Waals surface area contributed by atoms with Gasteiger partial charge in [0, 0.05) is 34.8 Å². The maximum atomic E-state index is 5.78. The van der Waals surface area contributed by atoms with Gasteiger partial charge >= 0.3 is 18.6 Å². The van der Waals surface area contributed by atoms with Crippen LogP contribution < -0.4 is 5.73 Å². The fourth-order valence-corrected chi connectivity index (χ4v) is 1.59. The number of hydrogen-bond acceptors (Lipinski definition) is 3. The third kappa shape index (κ3) is 29.3. The van der Waals surface area contributed by atoms with Crippen molar-refractivity contribution < 1.29 is 49.1 Å². The monoisotopic (exact) mass is 521 g/mol. The smallest absolute Gasteiger partial charge is 0.486 e. The molecule has 2 unspecified atom stereocenters. The van der Waals surface area contributed by atoms with Crippen LogP contribution in [0.1, 0.15) is 47.0 Å². The Kier molecular flexibility index (Phi) is 47.6. The van der Waals surface area contributed by atoms with Gasteiger partial charge in [0.05, 0.1) is 20.1 Å².